The normalized spacial score (nSPS) is 13.6. The Bertz CT molecular complexity index is 637. The minimum atomic E-state index is 0. The molecule has 1 aliphatic rings. The molecule has 0 saturated heterocycles. The Morgan fingerprint density at radius 3 is 2.55 bits per heavy atom. The van der Waals surface area contributed by atoms with E-state index in [1.807, 2.05) is 12.1 Å². The molecule has 1 fully saturated rings. The van der Waals surface area contributed by atoms with Gasteiger partial charge in [0, 0.05) is 39.9 Å². The van der Waals surface area contributed by atoms with Crippen molar-refractivity contribution in [3.63, 3.8) is 0 Å². The second-order valence-corrected chi connectivity index (χ2v) is 7.58. The van der Waals surface area contributed by atoms with Gasteiger partial charge in [-0.3, -0.25) is 4.99 Å². The molecule has 7 nitrogen and oxygen atoms in total. The summed E-state index contributed by atoms with van der Waals surface area (Å²) in [7, 11) is 3.46. The van der Waals surface area contributed by atoms with Gasteiger partial charge in [-0.05, 0) is 56.0 Å². The molecule has 1 aromatic rings. The van der Waals surface area contributed by atoms with Gasteiger partial charge in [-0.2, -0.15) is 0 Å². The molecule has 178 valence electrons. The lowest BCUT2D eigenvalue weighted by atomic mass is 10.2. The smallest absolute Gasteiger partial charge is 0.191 e. The predicted molar refractivity (Wildman–Crippen MR) is 138 cm³/mol. The van der Waals surface area contributed by atoms with Gasteiger partial charge in [-0.25, -0.2) is 0 Å². The third-order valence-electron chi connectivity index (χ3n) is 5.28. The average Bonchev–Trinajstić information content (AvgIpc) is 3.60. The van der Waals surface area contributed by atoms with E-state index in [2.05, 4.69) is 40.4 Å². The molecule has 0 spiro atoms. The lowest BCUT2D eigenvalue weighted by Crippen LogP contribution is -2.37. The molecule has 0 heterocycles. The van der Waals surface area contributed by atoms with Gasteiger partial charge in [0.05, 0.1) is 7.11 Å². The fourth-order valence-electron chi connectivity index (χ4n) is 3.09. The first-order valence-electron chi connectivity index (χ1n) is 11.2. The van der Waals surface area contributed by atoms with Gasteiger partial charge in [0.15, 0.2) is 17.5 Å². The van der Waals surface area contributed by atoms with Gasteiger partial charge in [-0.1, -0.05) is 19.9 Å². The molecule has 0 aliphatic heterocycles. The molecule has 2 rings (SSSR count). The highest BCUT2D eigenvalue weighted by Crippen LogP contribution is 2.29. The van der Waals surface area contributed by atoms with Crippen LogP contribution in [-0.4, -0.2) is 71.0 Å². The zero-order chi connectivity index (χ0) is 21.6. The summed E-state index contributed by atoms with van der Waals surface area (Å²) in [6.07, 6.45) is 3.65. The molecular formula is C23H41IN4O3. The highest BCUT2D eigenvalue weighted by atomic mass is 127. The summed E-state index contributed by atoms with van der Waals surface area (Å²) in [5.41, 5.74) is 1.11. The Labute approximate surface area is 205 Å². The SMILES string of the molecule is CCN(CC)CCOc1ccc(CNC(=NC)NCCCOCC2CC2)cc1OC.I. The van der Waals surface area contributed by atoms with Gasteiger partial charge >= 0.3 is 0 Å². The topological polar surface area (TPSA) is 67.4 Å². The molecule has 1 aliphatic carbocycles. The first kappa shape index (κ1) is 27.8. The fraction of sp³-hybridized carbons (Fsp3) is 0.696. The van der Waals surface area contributed by atoms with Crippen molar-refractivity contribution in [1.82, 2.24) is 15.5 Å². The number of aliphatic imine (C=N–C) groups is 1. The highest BCUT2D eigenvalue weighted by molar-refractivity contribution is 14.0. The largest absolute Gasteiger partial charge is 0.493 e. The summed E-state index contributed by atoms with van der Waals surface area (Å²) >= 11 is 0. The van der Waals surface area contributed by atoms with Crippen LogP contribution in [0.5, 0.6) is 11.5 Å². The van der Waals surface area contributed by atoms with Crippen molar-refractivity contribution >= 4 is 29.9 Å². The second-order valence-electron chi connectivity index (χ2n) is 7.58. The van der Waals surface area contributed by atoms with Gasteiger partial charge in [-0.15, -0.1) is 24.0 Å². The minimum absolute atomic E-state index is 0. The molecule has 0 amide bonds. The Kier molecular flexibility index (Phi) is 14.7. The van der Waals surface area contributed by atoms with Crippen LogP contribution in [0.4, 0.5) is 0 Å². The minimum Gasteiger partial charge on any atom is -0.493 e. The molecular weight excluding hydrogens is 507 g/mol. The quantitative estimate of drug-likeness (QED) is 0.151. The number of hydrogen-bond donors (Lipinski definition) is 2. The monoisotopic (exact) mass is 548 g/mol. The van der Waals surface area contributed by atoms with E-state index in [0.29, 0.717) is 13.2 Å². The first-order chi connectivity index (χ1) is 14.7. The van der Waals surface area contributed by atoms with Gasteiger partial charge < -0.3 is 29.7 Å². The van der Waals surface area contributed by atoms with Crippen molar-refractivity contribution in [1.29, 1.82) is 0 Å². The summed E-state index contributed by atoms with van der Waals surface area (Å²) in [6.45, 7) is 11.2. The second kappa shape index (κ2) is 16.4. The summed E-state index contributed by atoms with van der Waals surface area (Å²) in [5, 5.41) is 6.68. The maximum Gasteiger partial charge on any atom is 0.191 e. The standard InChI is InChI=1S/C23H40N4O3.HI/c1-5-27(6-2)13-15-30-21-11-10-20(16-22(21)28-4)17-26-23(24-3)25-12-7-14-29-18-19-8-9-19;/h10-11,16,19H,5-9,12-15,17-18H2,1-4H3,(H2,24,25,26);1H. The fourth-order valence-corrected chi connectivity index (χ4v) is 3.09. The van der Waals surface area contributed by atoms with E-state index >= 15 is 0 Å². The average molecular weight is 549 g/mol. The van der Waals surface area contributed by atoms with Crippen molar-refractivity contribution in [2.24, 2.45) is 10.9 Å². The molecule has 0 atom stereocenters. The zero-order valence-electron chi connectivity index (χ0n) is 19.6. The van der Waals surface area contributed by atoms with E-state index < -0.39 is 0 Å². The van der Waals surface area contributed by atoms with Gasteiger partial charge in [0.2, 0.25) is 0 Å². The molecule has 2 N–H and O–H groups in total. The highest BCUT2D eigenvalue weighted by Gasteiger charge is 2.20. The van der Waals surface area contributed by atoms with Crippen LogP contribution < -0.4 is 20.1 Å². The summed E-state index contributed by atoms with van der Waals surface area (Å²) in [5.74, 6) is 3.14. The maximum absolute atomic E-state index is 5.93. The molecule has 0 unspecified atom stereocenters. The number of nitrogens with zero attached hydrogens (tertiary/aromatic N) is 2. The van der Waals surface area contributed by atoms with Crippen molar-refractivity contribution in [3.8, 4) is 11.5 Å². The summed E-state index contributed by atoms with van der Waals surface area (Å²) in [4.78, 5) is 6.62. The summed E-state index contributed by atoms with van der Waals surface area (Å²) in [6, 6.07) is 6.05. The van der Waals surface area contributed by atoms with Crippen molar-refractivity contribution in [2.45, 2.75) is 39.7 Å². The number of hydrogen-bond acceptors (Lipinski definition) is 5. The van der Waals surface area contributed by atoms with Crippen molar-refractivity contribution < 1.29 is 14.2 Å². The van der Waals surface area contributed by atoms with Crippen LogP contribution >= 0.6 is 24.0 Å². The van der Waals surface area contributed by atoms with Crippen molar-refractivity contribution in [3.05, 3.63) is 23.8 Å². The number of guanidine groups is 1. The van der Waals surface area contributed by atoms with E-state index in [1.54, 1.807) is 14.2 Å². The van der Waals surface area contributed by atoms with Gasteiger partial charge in [0.25, 0.3) is 0 Å². The molecule has 1 saturated carbocycles. The lowest BCUT2D eigenvalue weighted by molar-refractivity contribution is 0.123. The molecule has 0 radical (unpaired) electrons. The molecule has 31 heavy (non-hydrogen) atoms. The maximum atomic E-state index is 5.93. The zero-order valence-corrected chi connectivity index (χ0v) is 21.9. The Hall–Kier alpha value is -1.26. The molecule has 0 bridgehead atoms. The van der Waals surface area contributed by atoms with E-state index in [4.69, 9.17) is 14.2 Å². The molecule has 1 aromatic carbocycles. The lowest BCUT2D eigenvalue weighted by Gasteiger charge is -2.19. The van der Waals surface area contributed by atoms with E-state index in [-0.39, 0.29) is 24.0 Å². The number of nitrogens with one attached hydrogen (secondary N) is 2. The third kappa shape index (κ3) is 11.2. The Balaban J connectivity index is 0.00000480. The van der Waals surface area contributed by atoms with Crippen LogP contribution in [-0.2, 0) is 11.3 Å². The van der Waals surface area contributed by atoms with E-state index in [0.717, 1.165) is 74.8 Å². The molecule has 0 aromatic heterocycles. The van der Waals surface area contributed by atoms with Crippen molar-refractivity contribution in [2.75, 3.05) is 60.2 Å². The van der Waals surface area contributed by atoms with Gasteiger partial charge in [0.1, 0.15) is 6.61 Å². The number of rotatable bonds is 15. The number of likely N-dealkylation sites (N-methyl/N-ethyl adjacent to an activating group) is 1. The molecule has 8 heteroatoms. The Morgan fingerprint density at radius 1 is 1.13 bits per heavy atom. The van der Waals surface area contributed by atoms with Crippen LogP contribution in [0.15, 0.2) is 23.2 Å². The number of benzene rings is 1. The van der Waals surface area contributed by atoms with E-state index in [1.165, 1.54) is 12.8 Å². The summed E-state index contributed by atoms with van der Waals surface area (Å²) < 4.78 is 17.1. The predicted octanol–water partition coefficient (Wildman–Crippen LogP) is 3.52. The third-order valence-corrected chi connectivity index (χ3v) is 5.28. The van der Waals surface area contributed by atoms with Crippen LogP contribution in [0.25, 0.3) is 0 Å². The van der Waals surface area contributed by atoms with Crippen LogP contribution in [0.3, 0.4) is 0 Å². The first-order valence-corrected chi connectivity index (χ1v) is 11.2. The number of ether oxygens (including phenoxy) is 3. The van der Waals surface area contributed by atoms with Crippen LogP contribution in [0, 0.1) is 5.92 Å². The van der Waals surface area contributed by atoms with E-state index in [9.17, 15) is 0 Å². The Morgan fingerprint density at radius 2 is 1.90 bits per heavy atom. The number of methoxy groups -OCH3 is 1. The number of halogens is 1. The van der Waals surface area contributed by atoms with Crippen LogP contribution in [0.1, 0.15) is 38.7 Å². The van der Waals surface area contributed by atoms with Crippen LogP contribution in [0.2, 0.25) is 0 Å².